The monoisotopic (exact) mass is 384 g/mol. The van der Waals surface area contributed by atoms with Crippen molar-refractivity contribution in [2.24, 2.45) is 0 Å². The van der Waals surface area contributed by atoms with Crippen molar-refractivity contribution in [3.05, 3.63) is 28.7 Å². The number of pyridine rings is 1. The minimum Gasteiger partial charge on any atom is -0.335 e. The van der Waals surface area contributed by atoms with Gasteiger partial charge in [-0.2, -0.15) is 0 Å². The summed E-state index contributed by atoms with van der Waals surface area (Å²) in [6, 6.07) is 1.70. The number of rotatable bonds is 5. The van der Waals surface area contributed by atoms with Gasteiger partial charge in [-0.25, -0.2) is 17.5 Å². The maximum Gasteiger partial charge on any atom is 0.321 e. The molecule has 144 valence electrons. The molecule has 0 unspecified atom stereocenters. The minimum absolute atomic E-state index is 0.0489. The second-order valence-electron chi connectivity index (χ2n) is 6.47. The van der Waals surface area contributed by atoms with E-state index in [1.807, 2.05) is 0 Å². The van der Waals surface area contributed by atoms with E-state index in [0.29, 0.717) is 0 Å². The summed E-state index contributed by atoms with van der Waals surface area (Å²) in [7, 11) is -0.995. The van der Waals surface area contributed by atoms with Crippen LogP contribution in [0.1, 0.15) is 32.1 Å². The van der Waals surface area contributed by atoms with Crippen molar-refractivity contribution in [3.63, 3.8) is 0 Å². The number of carbonyl (C=O) groups excluding carboxylic acids is 2. The third kappa shape index (κ3) is 5.15. The first-order valence-electron chi connectivity index (χ1n) is 8.43. The maximum atomic E-state index is 12.1. The van der Waals surface area contributed by atoms with Crippen LogP contribution >= 0.6 is 0 Å². The zero-order valence-electron chi connectivity index (χ0n) is 14.9. The van der Waals surface area contributed by atoms with Crippen LogP contribution in [0.5, 0.6) is 0 Å². The van der Waals surface area contributed by atoms with E-state index in [2.05, 4.69) is 10.6 Å². The Morgan fingerprint density at radius 3 is 2.46 bits per heavy atom. The molecule has 0 radical (unpaired) electrons. The Labute approximate surface area is 152 Å². The zero-order valence-corrected chi connectivity index (χ0v) is 15.7. The molecular weight excluding hydrogens is 360 g/mol. The molecular formula is C16H24N4O5S. The van der Waals surface area contributed by atoms with Crippen molar-refractivity contribution in [3.8, 4) is 0 Å². The highest BCUT2D eigenvalue weighted by Crippen LogP contribution is 2.17. The molecule has 0 aliphatic heterocycles. The SMILES string of the molecule is CN(C)S(=O)(=O)c1ccc(=O)n(CC(=O)NC(=O)NC2CCCCC2)c1. The summed E-state index contributed by atoms with van der Waals surface area (Å²) in [5, 5.41) is 4.92. The van der Waals surface area contributed by atoms with Gasteiger partial charge < -0.3 is 9.88 Å². The molecule has 26 heavy (non-hydrogen) atoms. The third-order valence-corrected chi connectivity index (χ3v) is 6.04. The lowest BCUT2D eigenvalue weighted by atomic mass is 9.96. The first kappa shape index (κ1) is 20.1. The quantitative estimate of drug-likeness (QED) is 0.755. The van der Waals surface area contributed by atoms with E-state index >= 15 is 0 Å². The molecule has 1 aromatic rings. The van der Waals surface area contributed by atoms with Crippen LogP contribution in [-0.4, -0.2) is 49.4 Å². The van der Waals surface area contributed by atoms with Crippen molar-refractivity contribution in [1.82, 2.24) is 19.5 Å². The highest BCUT2D eigenvalue weighted by Gasteiger charge is 2.20. The largest absolute Gasteiger partial charge is 0.335 e. The Hall–Kier alpha value is -2.20. The average molecular weight is 384 g/mol. The minimum atomic E-state index is -3.73. The smallest absolute Gasteiger partial charge is 0.321 e. The van der Waals surface area contributed by atoms with Gasteiger partial charge in [-0.15, -0.1) is 0 Å². The Balaban J connectivity index is 2.02. The summed E-state index contributed by atoms with van der Waals surface area (Å²) in [5.41, 5.74) is -0.537. The fraction of sp³-hybridized carbons (Fsp3) is 0.562. The number of hydrogen-bond acceptors (Lipinski definition) is 5. The standard InChI is InChI=1S/C16H24N4O5S/c1-19(2)26(24,25)13-8-9-15(22)20(10-13)11-14(21)18-16(23)17-12-6-4-3-5-7-12/h8-10,12H,3-7,11H2,1-2H3,(H2,17,18,21,23). The van der Waals surface area contributed by atoms with E-state index in [1.165, 1.54) is 20.2 Å². The molecule has 2 N–H and O–H groups in total. The van der Waals surface area contributed by atoms with Gasteiger partial charge in [0.05, 0.1) is 4.90 Å². The normalized spacial score (nSPS) is 15.7. The van der Waals surface area contributed by atoms with Crippen molar-refractivity contribution >= 4 is 22.0 Å². The van der Waals surface area contributed by atoms with Gasteiger partial charge in [-0.1, -0.05) is 19.3 Å². The number of amides is 3. The first-order chi connectivity index (χ1) is 12.2. The van der Waals surface area contributed by atoms with Gasteiger partial charge in [0.25, 0.3) is 5.56 Å². The van der Waals surface area contributed by atoms with Crippen molar-refractivity contribution < 1.29 is 18.0 Å². The van der Waals surface area contributed by atoms with Crippen LogP contribution in [0.3, 0.4) is 0 Å². The van der Waals surface area contributed by atoms with Crippen LogP contribution in [0.2, 0.25) is 0 Å². The Morgan fingerprint density at radius 2 is 1.85 bits per heavy atom. The number of urea groups is 1. The van der Waals surface area contributed by atoms with E-state index < -0.39 is 34.1 Å². The van der Waals surface area contributed by atoms with E-state index in [9.17, 15) is 22.8 Å². The second kappa shape index (κ2) is 8.45. The summed E-state index contributed by atoms with van der Waals surface area (Å²) in [6.45, 7) is -0.451. The predicted octanol–water partition coefficient (Wildman–Crippen LogP) is 0.257. The predicted molar refractivity (Wildman–Crippen MR) is 95.1 cm³/mol. The number of imide groups is 1. The van der Waals surface area contributed by atoms with Gasteiger partial charge in [0.1, 0.15) is 6.54 Å². The van der Waals surface area contributed by atoms with Gasteiger partial charge in [-0.3, -0.25) is 14.9 Å². The number of sulfonamides is 1. The number of nitrogens with one attached hydrogen (secondary N) is 2. The Morgan fingerprint density at radius 1 is 1.19 bits per heavy atom. The molecule has 9 nitrogen and oxygen atoms in total. The molecule has 0 aromatic carbocycles. The molecule has 1 saturated carbocycles. The molecule has 2 rings (SSSR count). The summed E-state index contributed by atoms with van der Waals surface area (Å²) >= 11 is 0. The van der Waals surface area contributed by atoms with E-state index in [0.717, 1.165) is 53.2 Å². The summed E-state index contributed by atoms with van der Waals surface area (Å²) < 4.78 is 26.2. The molecule has 10 heteroatoms. The Kier molecular flexibility index (Phi) is 6.54. The molecule has 0 saturated heterocycles. The van der Waals surface area contributed by atoms with Gasteiger partial charge in [0.2, 0.25) is 15.9 Å². The van der Waals surface area contributed by atoms with Gasteiger partial charge in [0.15, 0.2) is 0 Å². The molecule has 0 atom stereocenters. The van der Waals surface area contributed by atoms with Gasteiger partial charge >= 0.3 is 6.03 Å². The molecule has 1 heterocycles. The van der Waals surface area contributed by atoms with Crippen LogP contribution in [0, 0.1) is 0 Å². The van der Waals surface area contributed by atoms with E-state index in [4.69, 9.17) is 0 Å². The Bertz CT molecular complexity index is 825. The first-order valence-corrected chi connectivity index (χ1v) is 9.87. The lowest BCUT2D eigenvalue weighted by Gasteiger charge is -2.22. The van der Waals surface area contributed by atoms with Crippen LogP contribution in [0.25, 0.3) is 0 Å². The molecule has 0 spiro atoms. The van der Waals surface area contributed by atoms with Crippen molar-refractivity contribution in [1.29, 1.82) is 0 Å². The van der Waals surface area contributed by atoms with E-state index in [1.54, 1.807) is 0 Å². The van der Waals surface area contributed by atoms with Crippen LogP contribution < -0.4 is 16.2 Å². The van der Waals surface area contributed by atoms with E-state index in [-0.39, 0.29) is 10.9 Å². The third-order valence-electron chi connectivity index (χ3n) is 4.24. The average Bonchev–Trinajstić information content (AvgIpc) is 2.57. The molecule has 1 aliphatic carbocycles. The summed E-state index contributed by atoms with van der Waals surface area (Å²) in [5.74, 6) is -0.695. The number of carbonyl (C=O) groups is 2. The lowest BCUT2D eigenvalue weighted by Crippen LogP contribution is -2.46. The van der Waals surface area contributed by atoms with Gasteiger partial charge in [0, 0.05) is 32.4 Å². The summed E-state index contributed by atoms with van der Waals surface area (Å²) in [4.78, 5) is 35.7. The number of aromatic nitrogens is 1. The lowest BCUT2D eigenvalue weighted by molar-refractivity contribution is -0.120. The second-order valence-corrected chi connectivity index (χ2v) is 8.63. The van der Waals surface area contributed by atoms with Crippen LogP contribution in [0.4, 0.5) is 4.79 Å². The van der Waals surface area contributed by atoms with Crippen molar-refractivity contribution in [2.75, 3.05) is 14.1 Å². The fourth-order valence-corrected chi connectivity index (χ4v) is 3.71. The highest BCUT2D eigenvalue weighted by atomic mass is 32.2. The molecule has 0 bridgehead atoms. The fourth-order valence-electron chi connectivity index (χ4n) is 2.79. The summed E-state index contributed by atoms with van der Waals surface area (Å²) in [6.07, 6.45) is 6.09. The van der Waals surface area contributed by atoms with Gasteiger partial charge in [-0.05, 0) is 18.9 Å². The van der Waals surface area contributed by atoms with Crippen molar-refractivity contribution in [2.45, 2.75) is 49.6 Å². The molecule has 1 aliphatic rings. The highest BCUT2D eigenvalue weighted by molar-refractivity contribution is 7.89. The van der Waals surface area contributed by atoms with Crippen LogP contribution in [-0.2, 0) is 21.4 Å². The zero-order chi connectivity index (χ0) is 19.3. The number of nitrogens with zero attached hydrogens (tertiary/aromatic N) is 2. The molecule has 3 amide bonds. The topological polar surface area (TPSA) is 118 Å². The molecule has 1 aromatic heterocycles. The molecule has 1 fully saturated rings. The van der Waals surface area contributed by atoms with Crippen LogP contribution in [0.15, 0.2) is 28.0 Å². The maximum absolute atomic E-state index is 12.1. The number of hydrogen-bond donors (Lipinski definition) is 2.